The fraction of sp³-hybridized carbons (Fsp3) is 0.154. The van der Waals surface area contributed by atoms with Crippen LogP contribution in [0.1, 0.15) is 5.56 Å². The van der Waals surface area contributed by atoms with E-state index in [2.05, 4.69) is 4.98 Å². The Labute approximate surface area is 99.4 Å². The summed E-state index contributed by atoms with van der Waals surface area (Å²) in [5, 5.41) is 9.31. The van der Waals surface area contributed by atoms with Crippen molar-refractivity contribution in [1.29, 1.82) is 0 Å². The van der Waals surface area contributed by atoms with Gasteiger partial charge >= 0.3 is 0 Å². The Morgan fingerprint density at radius 2 is 1.94 bits per heavy atom. The quantitative estimate of drug-likeness (QED) is 0.821. The second-order valence-electron chi connectivity index (χ2n) is 3.45. The number of thioether (sulfide) groups is 1. The van der Waals surface area contributed by atoms with Crippen molar-refractivity contribution in [3.05, 3.63) is 54.4 Å². The van der Waals surface area contributed by atoms with Gasteiger partial charge < -0.3 is 5.11 Å². The molecule has 0 fully saturated rings. The zero-order chi connectivity index (χ0) is 11.2. The summed E-state index contributed by atoms with van der Waals surface area (Å²) >= 11 is 1.75. The Bertz CT molecular complexity index is 445. The highest BCUT2D eigenvalue weighted by Crippen LogP contribution is 2.22. The van der Waals surface area contributed by atoms with Crippen LogP contribution in [0.3, 0.4) is 0 Å². The van der Waals surface area contributed by atoms with Gasteiger partial charge in [-0.3, -0.25) is 4.98 Å². The first-order valence-electron chi connectivity index (χ1n) is 5.15. The maximum Gasteiger partial charge on any atom is 0.116 e. The minimum Gasteiger partial charge on any atom is -0.508 e. The SMILES string of the molecule is Oc1cccc(SCCc2ccncc2)c1. The van der Waals surface area contributed by atoms with E-state index in [1.54, 1.807) is 23.9 Å². The van der Waals surface area contributed by atoms with Crippen LogP contribution in [0.15, 0.2) is 53.7 Å². The number of nitrogens with zero attached hydrogens (tertiary/aromatic N) is 1. The van der Waals surface area contributed by atoms with E-state index < -0.39 is 0 Å². The number of aryl methyl sites for hydroxylation is 1. The molecule has 0 spiro atoms. The Hall–Kier alpha value is -1.48. The van der Waals surface area contributed by atoms with E-state index >= 15 is 0 Å². The molecule has 1 heterocycles. The number of pyridine rings is 1. The largest absolute Gasteiger partial charge is 0.508 e. The first-order valence-corrected chi connectivity index (χ1v) is 6.14. The van der Waals surface area contributed by atoms with Crippen LogP contribution in [0.2, 0.25) is 0 Å². The van der Waals surface area contributed by atoms with Crippen LogP contribution in [-0.4, -0.2) is 15.8 Å². The van der Waals surface area contributed by atoms with Crippen molar-refractivity contribution in [2.75, 3.05) is 5.75 Å². The molecule has 0 radical (unpaired) electrons. The van der Waals surface area contributed by atoms with Gasteiger partial charge in [0.15, 0.2) is 0 Å². The number of rotatable bonds is 4. The predicted molar refractivity (Wildman–Crippen MR) is 66.8 cm³/mol. The molecule has 0 aliphatic carbocycles. The summed E-state index contributed by atoms with van der Waals surface area (Å²) in [6, 6.07) is 11.4. The fourth-order valence-corrected chi connectivity index (χ4v) is 2.36. The molecule has 2 nitrogen and oxygen atoms in total. The van der Waals surface area contributed by atoms with Gasteiger partial charge in [0.2, 0.25) is 0 Å². The number of benzene rings is 1. The molecule has 0 saturated carbocycles. The molecule has 3 heteroatoms. The van der Waals surface area contributed by atoms with E-state index in [9.17, 15) is 5.11 Å². The smallest absolute Gasteiger partial charge is 0.116 e. The van der Waals surface area contributed by atoms with Crippen LogP contribution in [0.4, 0.5) is 0 Å². The molecule has 0 bridgehead atoms. The molecule has 0 unspecified atom stereocenters. The second kappa shape index (κ2) is 5.56. The van der Waals surface area contributed by atoms with E-state index in [4.69, 9.17) is 0 Å². The highest BCUT2D eigenvalue weighted by molar-refractivity contribution is 7.99. The molecule has 2 rings (SSSR count). The van der Waals surface area contributed by atoms with Gasteiger partial charge in [-0.25, -0.2) is 0 Å². The van der Waals surface area contributed by atoms with E-state index in [0.717, 1.165) is 17.1 Å². The molecule has 1 aromatic carbocycles. The number of aromatic nitrogens is 1. The van der Waals surface area contributed by atoms with Gasteiger partial charge in [-0.15, -0.1) is 11.8 Å². The molecule has 0 saturated heterocycles. The monoisotopic (exact) mass is 231 g/mol. The summed E-state index contributed by atoms with van der Waals surface area (Å²) < 4.78 is 0. The highest BCUT2D eigenvalue weighted by Gasteiger charge is 1.96. The maximum atomic E-state index is 9.31. The first kappa shape index (κ1) is 11.0. The Morgan fingerprint density at radius 3 is 2.69 bits per heavy atom. The van der Waals surface area contributed by atoms with Gasteiger partial charge in [-0.2, -0.15) is 0 Å². The first-order chi connectivity index (χ1) is 7.84. The van der Waals surface area contributed by atoms with Crippen LogP contribution < -0.4 is 0 Å². The van der Waals surface area contributed by atoms with Crippen molar-refractivity contribution in [3.8, 4) is 5.75 Å². The number of hydrogen-bond acceptors (Lipinski definition) is 3. The van der Waals surface area contributed by atoms with Crippen molar-refractivity contribution < 1.29 is 5.11 Å². The summed E-state index contributed by atoms with van der Waals surface area (Å²) in [6.07, 6.45) is 4.64. The molecule has 0 amide bonds. The molecule has 1 N–H and O–H groups in total. The third kappa shape index (κ3) is 3.28. The Morgan fingerprint density at radius 1 is 1.12 bits per heavy atom. The minimum absolute atomic E-state index is 0.328. The lowest BCUT2D eigenvalue weighted by Crippen LogP contribution is -1.88. The number of aromatic hydroxyl groups is 1. The van der Waals surface area contributed by atoms with Gasteiger partial charge in [0.25, 0.3) is 0 Å². The summed E-state index contributed by atoms with van der Waals surface area (Å²) in [7, 11) is 0. The molecule has 82 valence electrons. The molecule has 0 aliphatic heterocycles. The Balaban J connectivity index is 1.85. The highest BCUT2D eigenvalue weighted by atomic mass is 32.2. The van der Waals surface area contributed by atoms with Crippen LogP contribution in [-0.2, 0) is 6.42 Å². The van der Waals surface area contributed by atoms with Crippen LogP contribution in [0, 0.1) is 0 Å². The molecule has 1 aromatic heterocycles. The van der Waals surface area contributed by atoms with E-state index in [-0.39, 0.29) is 0 Å². The van der Waals surface area contributed by atoms with Crippen molar-refractivity contribution >= 4 is 11.8 Å². The van der Waals surface area contributed by atoms with E-state index in [0.29, 0.717) is 5.75 Å². The minimum atomic E-state index is 0.328. The van der Waals surface area contributed by atoms with Crippen molar-refractivity contribution in [2.24, 2.45) is 0 Å². The van der Waals surface area contributed by atoms with Crippen molar-refractivity contribution in [1.82, 2.24) is 4.98 Å². The number of phenols is 1. The molecule has 0 aliphatic rings. The lowest BCUT2D eigenvalue weighted by molar-refractivity contribution is 0.474. The summed E-state index contributed by atoms with van der Waals surface area (Å²) in [5.74, 6) is 1.34. The third-order valence-corrected chi connectivity index (χ3v) is 3.22. The molecular formula is C13H13NOS. The van der Waals surface area contributed by atoms with Gasteiger partial charge in [0.1, 0.15) is 5.75 Å². The molecule has 16 heavy (non-hydrogen) atoms. The number of hydrogen-bond donors (Lipinski definition) is 1. The maximum absolute atomic E-state index is 9.31. The fourth-order valence-electron chi connectivity index (χ4n) is 1.41. The lowest BCUT2D eigenvalue weighted by Gasteiger charge is -2.02. The molecule has 0 atom stereocenters. The third-order valence-electron chi connectivity index (χ3n) is 2.23. The zero-order valence-corrected chi connectivity index (χ0v) is 9.65. The summed E-state index contributed by atoms with van der Waals surface area (Å²) in [4.78, 5) is 5.09. The molecular weight excluding hydrogens is 218 g/mol. The van der Waals surface area contributed by atoms with Gasteiger partial charge in [0.05, 0.1) is 0 Å². The van der Waals surface area contributed by atoms with Gasteiger partial charge in [0, 0.05) is 23.0 Å². The second-order valence-corrected chi connectivity index (χ2v) is 4.62. The Kier molecular flexibility index (Phi) is 3.83. The standard InChI is InChI=1S/C13H13NOS/c15-12-2-1-3-13(10-12)16-9-6-11-4-7-14-8-5-11/h1-5,7-8,10,15H,6,9H2. The molecule has 2 aromatic rings. The van der Waals surface area contributed by atoms with Gasteiger partial charge in [-0.05, 0) is 42.3 Å². The van der Waals surface area contributed by atoms with E-state index in [1.807, 2.05) is 36.7 Å². The zero-order valence-electron chi connectivity index (χ0n) is 8.84. The predicted octanol–water partition coefficient (Wildman–Crippen LogP) is 3.12. The topological polar surface area (TPSA) is 33.1 Å². The van der Waals surface area contributed by atoms with E-state index in [1.165, 1.54) is 5.56 Å². The van der Waals surface area contributed by atoms with Crippen LogP contribution in [0.25, 0.3) is 0 Å². The summed E-state index contributed by atoms with van der Waals surface area (Å²) in [6.45, 7) is 0. The average molecular weight is 231 g/mol. The van der Waals surface area contributed by atoms with Crippen molar-refractivity contribution in [2.45, 2.75) is 11.3 Å². The van der Waals surface area contributed by atoms with Gasteiger partial charge in [-0.1, -0.05) is 6.07 Å². The summed E-state index contributed by atoms with van der Waals surface area (Å²) in [5.41, 5.74) is 1.29. The average Bonchev–Trinajstić information content (AvgIpc) is 2.30. The lowest BCUT2D eigenvalue weighted by atomic mass is 10.2. The van der Waals surface area contributed by atoms with Crippen LogP contribution in [0.5, 0.6) is 5.75 Å². The normalized spacial score (nSPS) is 10.2. The number of phenolic OH excluding ortho intramolecular Hbond substituents is 1. The van der Waals surface area contributed by atoms with Crippen molar-refractivity contribution in [3.63, 3.8) is 0 Å². The van der Waals surface area contributed by atoms with Crippen LogP contribution >= 0.6 is 11.8 Å².